The molecule has 2 aromatic carbocycles. The summed E-state index contributed by atoms with van der Waals surface area (Å²) in [6.07, 6.45) is 3.48. The van der Waals surface area contributed by atoms with Crippen molar-refractivity contribution in [2.45, 2.75) is 12.7 Å². The van der Waals surface area contributed by atoms with Gasteiger partial charge in [-0.25, -0.2) is 20.8 Å². The van der Waals surface area contributed by atoms with Gasteiger partial charge >= 0.3 is 0 Å². The summed E-state index contributed by atoms with van der Waals surface area (Å²) in [7, 11) is 0. The highest BCUT2D eigenvalue weighted by Gasteiger charge is 2.13. The molecular formula is C19H17N7. The first-order valence-electron chi connectivity index (χ1n) is 8.37. The third-order valence-corrected chi connectivity index (χ3v) is 4.65. The minimum absolute atomic E-state index is 0.522. The van der Waals surface area contributed by atoms with Gasteiger partial charge in [0, 0.05) is 34.4 Å². The van der Waals surface area contributed by atoms with Crippen LogP contribution in [0.25, 0.3) is 28.0 Å². The van der Waals surface area contributed by atoms with Crippen molar-refractivity contribution in [1.82, 2.24) is 20.0 Å². The molecule has 5 rings (SSSR count). The third kappa shape index (κ3) is 2.33. The van der Waals surface area contributed by atoms with Crippen LogP contribution < -0.4 is 22.4 Å². The molecule has 7 heteroatoms. The maximum atomic E-state index is 5.81. The monoisotopic (exact) mass is 343 g/mol. The first-order chi connectivity index (χ1) is 12.7. The van der Waals surface area contributed by atoms with Crippen molar-refractivity contribution in [1.29, 1.82) is 0 Å². The zero-order valence-corrected chi connectivity index (χ0v) is 13.9. The Morgan fingerprint density at radius 3 is 2.85 bits per heavy atom. The highest BCUT2D eigenvalue weighted by Crippen LogP contribution is 2.29. The van der Waals surface area contributed by atoms with Crippen molar-refractivity contribution in [3.05, 3.63) is 70.8 Å². The number of para-hydroxylation sites is 1. The van der Waals surface area contributed by atoms with E-state index in [0.717, 1.165) is 16.7 Å². The van der Waals surface area contributed by atoms with E-state index in [-0.39, 0.29) is 0 Å². The van der Waals surface area contributed by atoms with Gasteiger partial charge in [-0.15, -0.1) is 0 Å². The molecule has 26 heavy (non-hydrogen) atoms. The van der Waals surface area contributed by atoms with E-state index in [1.807, 2.05) is 6.07 Å². The Hall–Kier alpha value is -3.29. The summed E-state index contributed by atoms with van der Waals surface area (Å²) in [5.41, 5.74) is 10.6. The van der Waals surface area contributed by atoms with Gasteiger partial charge in [0.05, 0.1) is 11.9 Å². The van der Waals surface area contributed by atoms with Gasteiger partial charge in [-0.05, 0) is 17.7 Å². The largest absolute Gasteiger partial charge is 0.355 e. The van der Waals surface area contributed by atoms with E-state index in [1.165, 1.54) is 21.3 Å². The van der Waals surface area contributed by atoms with Crippen LogP contribution in [-0.2, 0) is 6.42 Å². The van der Waals surface area contributed by atoms with Crippen LogP contribution in [0.2, 0.25) is 0 Å². The average molecular weight is 343 g/mol. The number of rotatable bonds is 2. The second kappa shape index (κ2) is 5.62. The zero-order chi connectivity index (χ0) is 17.7. The zero-order valence-electron chi connectivity index (χ0n) is 13.9. The smallest absolute Gasteiger partial charge is 0.188 e. The standard InChI is InChI=1S/C19H17N7/c20-19-25-18-16(10-26(19)21)23-12(9-22-18)8-11-4-3-7-15-17(11)13-5-1-2-6-14(13)24-15/h1-7,9-10,19,24H,8,20-21H2. The summed E-state index contributed by atoms with van der Waals surface area (Å²) in [5, 5.41) is 4.41. The predicted octanol–water partition coefficient (Wildman–Crippen LogP) is 0.491. The Kier molecular flexibility index (Phi) is 3.24. The second-order valence-corrected chi connectivity index (χ2v) is 6.38. The predicted molar refractivity (Wildman–Crippen MR) is 99.9 cm³/mol. The molecular weight excluding hydrogens is 326 g/mol. The lowest BCUT2D eigenvalue weighted by molar-refractivity contribution is 0.314. The number of hydrogen-bond acceptors (Lipinski definition) is 6. The Morgan fingerprint density at radius 1 is 1.08 bits per heavy atom. The molecule has 4 aromatic rings. The normalized spacial score (nSPS) is 16.4. The summed E-state index contributed by atoms with van der Waals surface area (Å²) < 4.78 is 0. The summed E-state index contributed by atoms with van der Waals surface area (Å²) in [6.45, 7) is 0. The van der Waals surface area contributed by atoms with E-state index in [1.54, 1.807) is 12.4 Å². The van der Waals surface area contributed by atoms with Gasteiger partial charge in [-0.2, -0.15) is 0 Å². The van der Waals surface area contributed by atoms with Crippen molar-refractivity contribution in [2.75, 3.05) is 0 Å². The fourth-order valence-electron chi connectivity index (χ4n) is 3.44. The van der Waals surface area contributed by atoms with Crippen LogP contribution in [0.3, 0.4) is 0 Å². The molecule has 0 bridgehead atoms. The SMILES string of the molecule is NC1N=c2ncc(Cc3cccc4[nH]c5ccccc5c34)nc2=CN1N. The summed E-state index contributed by atoms with van der Waals surface area (Å²) >= 11 is 0. The van der Waals surface area contributed by atoms with Gasteiger partial charge in [-0.3, -0.25) is 10.7 Å². The van der Waals surface area contributed by atoms with E-state index in [0.29, 0.717) is 17.3 Å². The number of nitrogens with zero attached hydrogens (tertiary/aromatic N) is 4. The Bertz CT molecular complexity index is 1260. The van der Waals surface area contributed by atoms with Gasteiger partial charge in [-0.1, -0.05) is 30.3 Å². The lowest BCUT2D eigenvalue weighted by Crippen LogP contribution is -2.51. The first kappa shape index (κ1) is 15.0. The van der Waals surface area contributed by atoms with Gasteiger partial charge in [0.1, 0.15) is 5.35 Å². The molecule has 0 saturated carbocycles. The Morgan fingerprint density at radius 2 is 1.92 bits per heavy atom. The van der Waals surface area contributed by atoms with Gasteiger partial charge in [0.15, 0.2) is 11.8 Å². The second-order valence-electron chi connectivity index (χ2n) is 6.38. The van der Waals surface area contributed by atoms with E-state index in [4.69, 9.17) is 11.6 Å². The van der Waals surface area contributed by atoms with Crippen LogP contribution >= 0.6 is 0 Å². The van der Waals surface area contributed by atoms with Crippen molar-refractivity contribution >= 4 is 28.0 Å². The Balaban J connectivity index is 1.64. The molecule has 3 heterocycles. The molecule has 0 saturated heterocycles. The van der Waals surface area contributed by atoms with Crippen LogP contribution in [0.1, 0.15) is 11.3 Å². The minimum Gasteiger partial charge on any atom is -0.355 e. The topological polar surface area (TPSA) is 109 Å². The van der Waals surface area contributed by atoms with Crippen LogP contribution in [0.4, 0.5) is 0 Å². The number of hydrogen-bond donors (Lipinski definition) is 3. The van der Waals surface area contributed by atoms with Gasteiger partial charge < -0.3 is 4.98 Å². The molecule has 1 aliphatic heterocycles. The average Bonchev–Trinajstić information content (AvgIpc) is 3.02. The molecule has 1 atom stereocenters. The molecule has 5 N–H and O–H groups in total. The fraction of sp³-hybridized carbons (Fsp3) is 0.105. The number of nitrogens with one attached hydrogen (secondary N) is 1. The maximum Gasteiger partial charge on any atom is 0.188 e. The summed E-state index contributed by atoms with van der Waals surface area (Å²) in [5.74, 6) is 5.81. The number of hydrazine groups is 1. The lowest BCUT2D eigenvalue weighted by atomic mass is 10.0. The van der Waals surface area contributed by atoms with Crippen molar-refractivity contribution in [3.63, 3.8) is 0 Å². The molecule has 0 radical (unpaired) electrons. The molecule has 0 spiro atoms. The van der Waals surface area contributed by atoms with Crippen molar-refractivity contribution in [3.8, 4) is 0 Å². The number of H-pyrrole nitrogens is 1. The molecule has 2 aromatic heterocycles. The number of nitrogens with two attached hydrogens (primary N) is 2. The van der Waals surface area contributed by atoms with E-state index < -0.39 is 6.29 Å². The molecule has 7 nitrogen and oxygen atoms in total. The molecule has 0 amide bonds. The fourth-order valence-corrected chi connectivity index (χ4v) is 3.44. The third-order valence-electron chi connectivity index (χ3n) is 4.65. The number of fused-ring (bicyclic) bond motifs is 4. The Labute approximate surface area is 148 Å². The molecule has 0 aliphatic carbocycles. The number of aromatic amines is 1. The maximum absolute atomic E-state index is 5.81. The molecule has 0 fully saturated rings. The molecule has 128 valence electrons. The van der Waals surface area contributed by atoms with E-state index in [9.17, 15) is 0 Å². The first-order valence-corrected chi connectivity index (χ1v) is 8.37. The number of aromatic nitrogens is 3. The van der Waals surface area contributed by atoms with Crippen LogP contribution in [0.5, 0.6) is 0 Å². The molecule has 1 unspecified atom stereocenters. The van der Waals surface area contributed by atoms with E-state index >= 15 is 0 Å². The summed E-state index contributed by atoms with van der Waals surface area (Å²) in [6, 6.07) is 14.6. The van der Waals surface area contributed by atoms with Crippen molar-refractivity contribution in [2.24, 2.45) is 16.6 Å². The van der Waals surface area contributed by atoms with Gasteiger partial charge in [0.25, 0.3) is 0 Å². The van der Waals surface area contributed by atoms with Crippen molar-refractivity contribution < 1.29 is 0 Å². The highest BCUT2D eigenvalue weighted by molar-refractivity contribution is 6.08. The number of benzene rings is 2. The van der Waals surface area contributed by atoms with E-state index in [2.05, 4.69) is 56.3 Å². The lowest BCUT2D eigenvalue weighted by Gasteiger charge is -2.20. The molecule has 1 aliphatic rings. The van der Waals surface area contributed by atoms with Crippen LogP contribution in [-0.4, -0.2) is 26.3 Å². The van der Waals surface area contributed by atoms with Gasteiger partial charge in [0.2, 0.25) is 0 Å². The minimum atomic E-state index is -0.623. The summed E-state index contributed by atoms with van der Waals surface area (Å²) in [4.78, 5) is 16.8. The highest BCUT2D eigenvalue weighted by atomic mass is 15.5. The van der Waals surface area contributed by atoms with Crippen LogP contribution in [0.15, 0.2) is 53.7 Å². The quantitative estimate of drug-likeness (QED) is 0.459. The van der Waals surface area contributed by atoms with Crippen LogP contribution in [0, 0.1) is 0 Å².